The molecule has 0 saturated carbocycles. The van der Waals surface area contributed by atoms with Gasteiger partial charge in [-0.25, -0.2) is 14.6 Å². The summed E-state index contributed by atoms with van der Waals surface area (Å²) in [5.41, 5.74) is 1.73. The monoisotopic (exact) mass is 375 g/mol. The van der Waals surface area contributed by atoms with Crippen molar-refractivity contribution in [3.05, 3.63) is 66.5 Å². The zero-order valence-corrected chi connectivity index (χ0v) is 15.2. The molecule has 0 radical (unpaired) electrons. The molecule has 0 spiro atoms. The van der Waals surface area contributed by atoms with Gasteiger partial charge in [0.15, 0.2) is 11.5 Å². The molecule has 0 bridgehead atoms. The Kier molecular flexibility index (Phi) is 4.50. The fraction of sp³-hybridized carbons (Fsp3) is 0.111. The summed E-state index contributed by atoms with van der Waals surface area (Å²) in [5, 5.41) is 17.7. The molecule has 4 rings (SSSR count). The molecule has 0 atom stereocenters. The van der Waals surface area contributed by atoms with Crippen LogP contribution in [0.2, 0.25) is 0 Å². The van der Waals surface area contributed by atoms with Gasteiger partial charge < -0.3 is 10.6 Å². The molecule has 0 unspecified atom stereocenters. The second-order valence-electron chi connectivity index (χ2n) is 6.04. The second kappa shape index (κ2) is 7.27. The average molecular weight is 375 g/mol. The lowest BCUT2D eigenvalue weighted by molar-refractivity contribution is 0.102. The third-order valence-corrected chi connectivity index (χ3v) is 3.81. The van der Waals surface area contributed by atoms with E-state index in [1.807, 2.05) is 37.4 Å². The quantitative estimate of drug-likeness (QED) is 0.549. The van der Waals surface area contributed by atoms with Crippen LogP contribution in [0, 0.1) is 6.92 Å². The summed E-state index contributed by atoms with van der Waals surface area (Å²) in [6.07, 6.45) is 5.07. The van der Waals surface area contributed by atoms with E-state index >= 15 is 0 Å². The summed E-state index contributed by atoms with van der Waals surface area (Å²) in [6.45, 7) is 1.82. The standard InChI is InChI=1S/C18H17N9O/c1-12-20-16(10-17(21-12)27-9-3-8-19-27)22-13-4-6-14(7-5-13)23-18(28)15-11-26(2)25-24-15/h3-11H,1-2H3,(H,23,28)(H,20,21,22). The maximum absolute atomic E-state index is 12.1. The van der Waals surface area contributed by atoms with Gasteiger partial charge in [-0.1, -0.05) is 5.21 Å². The number of anilines is 3. The minimum atomic E-state index is -0.316. The van der Waals surface area contributed by atoms with Gasteiger partial charge >= 0.3 is 0 Å². The molecule has 0 fully saturated rings. The highest BCUT2D eigenvalue weighted by Gasteiger charge is 2.10. The minimum Gasteiger partial charge on any atom is -0.340 e. The predicted molar refractivity (Wildman–Crippen MR) is 103 cm³/mol. The third-order valence-electron chi connectivity index (χ3n) is 3.81. The first-order chi connectivity index (χ1) is 13.6. The summed E-state index contributed by atoms with van der Waals surface area (Å²) in [7, 11) is 1.71. The number of rotatable bonds is 5. The number of benzene rings is 1. The van der Waals surface area contributed by atoms with Crippen molar-refractivity contribution in [3.8, 4) is 5.82 Å². The van der Waals surface area contributed by atoms with Crippen LogP contribution in [0.5, 0.6) is 0 Å². The predicted octanol–water partition coefficient (Wildman–Crippen LogP) is 2.10. The number of hydrogen-bond acceptors (Lipinski definition) is 7. The Morgan fingerprint density at radius 1 is 1.11 bits per heavy atom. The van der Waals surface area contributed by atoms with E-state index in [9.17, 15) is 4.79 Å². The van der Waals surface area contributed by atoms with Crippen molar-refractivity contribution in [1.82, 2.24) is 34.7 Å². The van der Waals surface area contributed by atoms with E-state index < -0.39 is 0 Å². The van der Waals surface area contributed by atoms with Crippen LogP contribution in [0.15, 0.2) is 55.0 Å². The van der Waals surface area contributed by atoms with Gasteiger partial charge in [0.1, 0.15) is 11.6 Å². The number of aryl methyl sites for hydroxylation is 2. The zero-order valence-electron chi connectivity index (χ0n) is 15.2. The van der Waals surface area contributed by atoms with Crippen LogP contribution in [0.4, 0.5) is 17.2 Å². The van der Waals surface area contributed by atoms with Gasteiger partial charge in [-0.05, 0) is 37.3 Å². The molecular weight excluding hydrogens is 358 g/mol. The van der Waals surface area contributed by atoms with Gasteiger partial charge in [-0.3, -0.25) is 9.48 Å². The van der Waals surface area contributed by atoms with Crippen molar-refractivity contribution in [2.24, 2.45) is 7.05 Å². The fourth-order valence-corrected chi connectivity index (χ4v) is 2.57. The lowest BCUT2D eigenvalue weighted by Gasteiger charge is -2.10. The highest BCUT2D eigenvalue weighted by molar-refractivity contribution is 6.02. The number of carbonyl (C=O) groups is 1. The first-order valence-electron chi connectivity index (χ1n) is 8.47. The minimum absolute atomic E-state index is 0.257. The first kappa shape index (κ1) is 17.3. The summed E-state index contributed by atoms with van der Waals surface area (Å²) < 4.78 is 3.15. The number of carbonyl (C=O) groups excluding carboxylic acids is 1. The SMILES string of the molecule is Cc1nc(Nc2ccc(NC(=O)c3cn(C)nn3)cc2)cc(-n2cccn2)n1. The van der Waals surface area contributed by atoms with Gasteiger partial charge in [-0.2, -0.15) is 5.10 Å². The Balaban J connectivity index is 1.47. The van der Waals surface area contributed by atoms with Crippen LogP contribution < -0.4 is 10.6 Å². The average Bonchev–Trinajstić information content (AvgIpc) is 3.35. The van der Waals surface area contributed by atoms with E-state index in [4.69, 9.17) is 0 Å². The van der Waals surface area contributed by atoms with Gasteiger partial charge in [0.25, 0.3) is 5.91 Å². The maximum Gasteiger partial charge on any atom is 0.277 e. The first-order valence-corrected chi connectivity index (χ1v) is 8.47. The number of nitrogens with zero attached hydrogens (tertiary/aromatic N) is 7. The molecule has 1 amide bonds. The molecule has 10 nitrogen and oxygen atoms in total. The molecule has 0 aliphatic carbocycles. The van der Waals surface area contributed by atoms with Gasteiger partial charge in [0.2, 0.25) is 0 Å². The van der Waals surface area contributed by atoms with Crippen molar-refractivity contribution >= 4 is 23.1 Å². The smallest absolute Gasteiger partial charge is 0.277 e. The summed E-state index contributed by atoms with van der Waals surface area (Å²) in [6, 6.07) is 10.9. The largest absolute Gasteiger partial charge is 0.340 e. The van der Waals surface area contributed by atoms with E-state index in [-0.39, 0.29) is 11.6 Å². The number of hydrogen-bond donors (Lipinski definition) is 2. The van der Waals surface area contributed by atoms with Crippen molar-refractivity contribution in [2.75, 3.05) is 10.6 Å². The van der Waals surface area contributed by atoms with Crippen LogP contribution in [0.3, 0.4) is 0 Å². The van der Waals surface area contributed by atoms with Gasteiger partial charge in [0, 0.05) is 36.9 Å². The van der Waals surface area contributed by atoms with Gasteiger partial charge in [-0.15, -0.1) is 5.10 Å². The zero-order chi connectivity index (χ0) is 19.5. The summed E-state index contributed by atoms with van der Waals surface area (Å²) in [5.74, 6) is 1.63. The molecule has 10 heteroatoms. The number of nitrogens with one attached hydrogen (secondary N) is 2. The van der Waals surface area contributed by atoms with Crippen LogP contribution in [-0.2, 0) is 7.05 Å². The van der Waals surface area contributed by atoms with Crippen molar-refractivity contribution in [2.45, 2.75) is 6.92 Å². The molecule has 1 aromatic carbocycles. The van der Waals surface area contributed by atoms with Crippen molar-refractivity contribution in [1.29, 1.82) is 0 Å². The maximum atomic E-state index is 12.1. The van der Waals surface area contributed by atoms with Crippen molar-refractivity contribution < 1.29 is 4.79 Å². The molecule has 28 heavy (non-hydrogen) atoms. The van der Waals surface area contributed by atoms with Crippen LogP contribution in [0.1, 0.15) is 16.3 Å². The molecule has 3 aromatic heterocycles. The highest BCUT2D eigenvalue weighted by Crippen LogP contribution is 2.19. The fourth-order valence-electron chi connectivity index (χ4n) is 2.57. The normalized spacial score (nSPS) is 10.6. The van der Waals surface area contributed by atoms with Crippen LogP contribution in [-0.4, -0.2) is 40.6 Å². The highest BCUT2D eigenvalue weighted by atomic mass is 16.2. The van der Waals surface area contributed by atoms with E-state index in [2.05, 4.69) is 36.0 Å². The molecule has 0 saturated heterocycles. The van der Waals surface area contributed by atoms with Crippen molar-refractivity contribution in [3.63, 3.8) is 0 Å². The summed E-state index contributed by atoms with van der Waals surface area (Å²) in [4.78, 5) is 20.9. The summed E-state index contributed by atoms with van der Waals surface area (Å²) >= 11 is 0. The Labute approximate surface area is 160 Å². The molecule has 140 valence electrons. The van der Waals surface area contributed by atoms with Gasteiger partial charge in [0.05, 0.1) is 6.20 Å². The molecule has 2 N–H and O–H groups in total. The molecular formula is C18H17N9O. The number of amides is 1. The lowest BCUT2D eigenvalue weighted by atomic mass is 10.2. The second-order valence-corrected chi connectivity index (χ2v) is 6.04. The molecule has 0 aliphatic rings. The van der Waals surface area contributed by atoms with E-state index in [0.717, 1.165) is 5.69 Å². The molecule has 0 aliphatic heterocycles. The topological polar surface area (TPSA) is 115 Å². The Morgan fingerprint density at radius 2 is 1.89 bits per heavy atom. The van der Waals surface area contributed by atoms with E-state index in [0.29, 0.717) is 23.1 Å². The Bertz CT molecular complexity index is 1100. The number of aromatic nitrogens is 7. The third kappa shape index (κ3) is 3.85. The van der Waals surface area contributed by atoms with E-state index in [1.165, 1.54) is 4.68 Å². The Morgan fingerprint density at radius 3 is 2.57 bits per heavy atom. The van der Waals surface area contributed by atoms with Crippen LogP contribution >= 0.6 is 0 Å². The lowest BCUT2D eigenvalue weighted by Crippen LogP contribution is -2.12. The molecule has 4 aromatic rings. The Hall–Kier alpha value is -4.08. The van der Waals surface area contributed by atoms with Crippen LogP contribution in [0.25, 0.3) is 5.82 Å². The molecule has 3 heterocycles. The van der Waals surface area contributed by atoms with E-state index in [1.54, 1.807) is 36.3 Å².